The van der Waals surface area contributed by atoms with Gasteiger partial charge in [-0.05, 0) is 41.1 Å². The molecule has 0 amide bonds. The van der Waals surface area contributed by atoms with Crippen LogP contribution < -0.4 is 11.1 Å². The van der Waals surface area contributed by atoms with Crippen molar-refractivity contribution in [1.82, 2.24) is 5.32 Å². The molecule has 1 aliphatic rings. The van der Waals surface area contributed by atoms with Gasteiger partial charge in [0.05, 0.1) is 0 Å². The van der Waals surface area contributed by atoms with Gasteiger partial charge in [-0.2, -0.15) is 11.3 Å². The van der Waals surface area contributed by atoms with Crippen LogP contribution in [-0.4, -0.2) is 18.6 Å². The molecular formula is C11H18N2S. The molecule has 3 heteroatoms. The largest absolute Gasteiger partial charge is 0.326 e. The van der Waals surface area contributed by atoms with E-state index < -0.39 is 0 Å². The molecule has 3 unspecified atom stereocenters. The lowest BCUT2D eigenvalue weighted by Gasteiger charge is -2.34. The second-order valence-electron chi connectivity index (χ2n) is 4.08. The zero-order valence-electron chi connectivity index (χ0n) is 8.57. The van der Waals surface area contributed by atoms with Crippen molar-refractivity contribution in [2.45, 2.75) is 37.8 Å². The fourth-order valence-electron chi connectivity index (χ4n) is 2.23. The third-order valence-electron chi connectivity index (χ3n) is 3.15. The molecule has 1 aromatic heterocycles. The lowest BCUT2D eigenvalue weighted by Crippen LogP contribution is -2.51. The van der Waals surface area contributed by atoms with Crippen LogP contribution in [0.15, 0.2) is 16.8 Å². The third-order valence-corrected chi connectivity index (χ3v) is 3.86. The highest BCUT2D eigenvalue weighted by Gasteiger charge is 2.27. The monoisotopic (exact) mass is 210 g/mol. The van der Waals surface area contributed by atoms with E-state index >= 15 is 0 Å². The molecule has 0 spiro atoms. The van der Waals surface area contributed by atoms with Crippen molar-refractivity contribution in [2.75, 3.05) is 6.54 Å². The van der Waals surface area contributed by atoms with Crippen LogP contribution in [0.25, 0.3) is 0 Å². The lowest BCUT2D eigenvalue weighted by molar-refractivity contribution is 0.314. The molecule has 3 atom stereocenters. The molecule has 2 nitrogen and oxygen atoms in total. The molecule has 0 radical (unpaired) electrons. The Morgan fingerprint density at radius 2 is 2.50 bits per heavy atom. The molecule has 0 aromatic carbocycles. The number of hydrogen-bond acceptors (Lipinski definition) is 3. The summed E-state index contributed by atoms with van der Waals surface area (Å²) in [6.07, 6.45) is 2.26. The van der Waals surface area contributed by atoms with Gasteiger partial charge in [-0.1, -0.05) is 6.92 Å². The van der Waals surface area contributed by atoms with E-state index in [9.17, 15) is 0 Å². The van der Waals surface area contributed by atoms with E-state index in [-0.39, 0.29) is 0 Å². The van der Waals surface area contributed by atoms with Gasteiger partial charge in [0, 0.05) is 18.6 Å². The molecule has 3 N–H and O–H groups in total. The van der Waals surface area contributed by atoms with Crippen molar-refractivity contribution >= 4 is 11.3 Å². The Balaban J connectivity index is 1.99. The minimum absolute atomic E-state index is 0.318. The number of piperidine rings is 1. The second-order valence-corrected chi connectivity index (χ2v) is 4.86. The predicted molar refractivity (Wildman–Crippen MR) is 61.7 cm³/mol. The smallest absolute Gasteiger partial charge is 0.0216 e. The molecule has 2 rings (SSSR count). The molecule has 1 aliphatic heterocycles. The molecule has 14 heavy (non-hydrogen) atoms. The summed E-state index contributed by atoms with van der Waals surface area (Å²) in [6.45, 7) is 3.28. The van der Waals surface area contributed by atoms with Crippen LogP contribution in [0.5, 0.6) is 0 Å². The van der Waals surface area contributed by atoms with E-state index in [1.54, 1.807) is 11.3 Å². The van der Waals surface area contributed by atoms with E-state index in [4.69, 9.17) is 5.73 Å². The Kier molecular flexibility index (Phi) is 3.21. The average molecular weight is 210 g/mol. The van der Waals surface area contributed by atoms with Crippen LogP contribution in [-0.2, 0) is 0 Å². The first kappa shape index (κ1) is 10.1. The van der Waals surface area contributed by atoms with E-state index in [0.29, 0.717) is 18.0 Å². The van der Waals surface area contributed by atoms with Gasteiger partial charge in [0.2, 0.25) is 0 Å². The van der Waals surface area contributed by atoms with Crippen LogP contribution in [0.2, 0.25) is 0 Å². The van der Waals surface area contributed by atoms with Gasteiger partial charge in [0.1, 0.15) is 0 Å². The standard InChI is InChI=1S/C11H18N2S/c1-2-11-10(12)5-9(6-13-11)8-3-4-14-7-8/h3-4,7,9-11,13H,2,5-6,12H2,1H3. The van der Waals surface area contributed by atoms with Gasteiger partial charge in [-0.25, -0.2) is 0 Å². The maximum atomic E-state index is 6.13. The van der Waals surface area contributed by atoms with Crippen molar-refractivity contribution < 1.29 is 0 Å². The van der Waals surface area contributed by atoms with E-state index in [1.807, 2.05) is 0 Å². The maximum absolute atomic E-state index is 6.13. The quantitative estimate of drug-likeness (QED) is 0.783. The van der Waals surface area contributed by atoms with Crippen molar-refractivity contribution in [3.8, 4) is 0 Å². The summed E-state index contributed by atoms with van der Waals surface area (Å²) in [5, 5.41) is 7.92. The Morgan fingerprint density at radius 1 is 1.64 bits per heavy atom. The van der Waals surface area contributed by atoms with Crippen LogP contribution in [0.3, 0.4) is 0 Å². The summed E-state index contributed by atoms with van der Waals surface area (Å²) < 4.78 is 0. The van der Waals surface area contributed by atoms with Crippen molar-refractivity contribution in [1.29, 1.82) is 0 Å². The summed E-state index contributed by atoms with van der Waals surface area (Å²) >= 11 is 1.77. The molecular weight excluding hydrogens is 192 g/mol. The van der Waals surface area contributed by atoms with Crippen molar-refractivity contribution in [3.63, 3.8) is 0 Å². The Morgan fingerprint density at radius 3 is 3.07 bits per heavy atom. The summed E-state index contributed by atoms with van der Waals surface area (Å²) in [7, 11) is 0. The first-order valence-corrected chi connectivity index (χ1v) is 6.26. The summed E-state index contributed by atoms with van der Waals surface area (Å²) in [5.74, 6) is 0.624. The maximum Gasteiger partial charge on any atom is 0.0216 e. The highest BCUT2D eigenvalue weighted by molar-refractivity contribution is 7.07. The van der Waals surface area contributed by atoms with E-state index in [1.165, 1.54) is 5.56 Å². The topological polar surface area (TPSA) is 38.0 Å². The first-order chi connectivity index (χ1) is 6.81. The lowest BCUT2D eigenvalue weighted by atomic mass is 9.86. The Labute approximate surface area is 89.5 Å². The van der Waals surface area contributed by atoms with Gasteiger partial charge in [-0.3, -0.25) is 0 Å². The normalized spacial score (nSPS) is 33.1. The molecule has 0 bridgehead atoms. The third kappa shape index (κ3) is 2.00. The van der Waals surface area contributed by atoms with Crippen LogP contribution >= 0.6 is 11.3 Å². The fourth-order valence-corrected chi connectivity index (χ4v) is 2.97. The molecule has 1 saturated heterocycles. The van der Waals surface area contributed by atoms with Crippen LogP contribution in [0.1, 0.15) is 31.2 Å². The predicted octanol–water partition coefficient (Wildman–Crippen LogP) is 1.93. The zero-order valence-corrected chi connectivity index (χ0v) is 9.39. The second kappa shape index (κ2) is 4.43. The van der Waals surface area contributed by atoms with E-state index in [0.717, 1.165) is 19.4 Å². The molecule has 1 fully saturated rings. The number of hydrogen-bond donors (Lipinski definition) is 2. The zero-order chi connectivity index (χ0) is 9.97. The van der Waals surface area contributed by atoms with Crippen LogP contribution in [0.4, 0.5) is 0 Å². The number of rotatable bonds is 2. The highest BCUT2D eigenvalue weighted by atomic mass is 32.1. The number of nitrogens with two attached hydrogens (primary N) is 1. The molecule has 1 aromatic rings. The van der Waals surface area contributed by atoms with Gasteiger partial charge in [0.15, 0.2) is 0 Å². The van der Waals surface area contributed by atoms with Crippen molar-refractivity contribution in [3.05, 3.63) is 22.4 Å². The van der Waals surface area contributed by atoms with Crippen molar-refractivity contribution in [2.24, 2.45) is 5.73 Å². The number of thiophene rings is 1. The van der Waals surface area contributed by atoms with Gasteiger partial charge in [-0.15, -0.1) is 0 Å². The Bertz CT molecular complexity index is 271. The molecule has 78 valence electrons. The fraction of sp³-hybridized carbons (Fsp3) is 0.636. The van der Waals surface area contributed by atoms with Gasteiger partial charge >= 0.3 is 0 Å². The average Bonchev–Trinajstić information content (AvgIpc) is 2.70. The van der Waals surface area contributed by atoms with Gasteiger partial charge in [0.25, 0.3) is 0 Å². The first-order valence-electron chi connectivity index (χ1n) is 5.32. The molecule has 2 heterocycles. The minimum Gasteiger partial charge on any atom is -0.326 e. The molecule has 0 aliphatic carbocycles. The summed E-state index contributed by atoms with van der Waals surface area (Å²) in [5.41, 5.74) is 7.58. The Hall–Kier alpha value is -0.380. The SMILES string of the molecule is CCC1NCC(c2ccsc2)CC1N. The minimum atomic E-state index is 0.318. The van der Waals surface area contributed by atoms with E-state index in [2.05, 4.69) is 29.1 Å². The highest BCUT2D eigenvalue weighted by Crippen LogP contribution is 2.26. The summed E-state index contributed by atoms with van der Waals surface area (Å²) in [4.78, 5) is 0. The van der Waals surface area contributed by atoms with Crippen LogP contribution in [0, 0.1) is 0 Å². The number of nitrogens with one attached hydrogen (secondary N) is 1. The summed E-state index contributed by atoms with van der Waals surface area (Å²) in [6, 6.07) is 3.05. The molecule has 0 saturated carbocycles. The van der Waals surface area contributed by atoms with Gasteiger partial charge < -0.3 is 11.1 Å².